The maximum Gasteiger partial charge on any atom is 0.416 e. The number of ether oxygens (including phenoxy) is 3. The number of aliphatic hydroxyl groups is 1. The Morgan fingerprint density at radius 3 is 2.24 bits per heavy atom. The number of benzene rings is 3. The lowest BCUT2D eigenvalue weighted by Gasteiger charge is -2.26. The van der Waals surface area contributed by atoms with E-state index in [0.29, 0.717) is 17.1 Å². The smallest absolute Gasteiger partial charge is 0.416 e. The normalized spacial score (nSPS) is 17.0. The summed E-state index contributed by atoms with van der Waals surface area (Å²) in [5.74, 6) is -1.40. The Kier molecular flexibility index (Phi) is 7.34. The summed E-state index contributed by atoms with van der Waals surface area (Å²) < 4.78 is 55.8. The number of Topliss-reactive ketones (excluding diaryl/α,β-unsaturated/α-hetero) is 1. The predicted molar refractivity (Wildman–Crippen MR) is 132 cm³/mol. The zero-order valence-electron chi connectivity index (χ0n) is 20.7. The minimum atomic E-state index is -4.58. The first-order valence-electron chi connectivity index (χ1n) is 11.4. The Morgan fingerprint density at radius 2 is 1.58 bits per heavy atom. The van der Waals surface area contributed by atoms with Gasteiger partial charge in [-0.25, -0.2) is 0 Å². The van der Waals surface area contributed by atoms with Crippen LogP contribution in [0.1, 0.15) is 28.3 Å². The molecule has 3 aromatic rings. The number of aliphatic hydroxyl groups excluding tert-OH is 1. The molecule has 0 aromatic heterocycles. The van der Waals surface area contributed by atoms with Gasteiger partial charge in [-0.3, -0.25) is 9.59 Å². The van der Waals surface area contributed by atoms with E-state index in [4.69, 9.17) is 14.2 Å². The van der Waals surface area contributed by atoms with Gasteiger partial charge in [0.05, 0.1) is 44.1 Å². The van der Waals surface area contributed by atoms with Crippen molar-refractivity contribution >= 4 is 17.4 Å². The fraction of sp³-hybridized carbons (Fsp3) is 0.214. The number of alkyl halides is 3. The number of likely N-dealkylation sites (tertiary alicyclic amines) is 1. The van der Waals surface area contributed by atoms with Crippen LogP contribution in [0.15, 0.2) is 72.3 Å². The first-order valence-corrected chi connectivity index (χ1v) is 11.4. The van der Waals surface area contributed by atoms with Crippen LogP contribution in [0, 0.1) is 0 Å². The van der Waals surface area contributed by atoms with Crippen LogP contribution in [0.25, 0.3) is 5.76 Å². The highest BCUT2D eigenvalue weighted by Gasteiger charge is 2.46. The van der Waals surface area contributed by atoms with E-state index in [1.807, 2.05) is 0 Å². The molecule has 1 saturated heterocycles. The molecule has 0 radical (unpaired) electrons. The number of hydrogen-bond donors (Lipinski definition) is 1. The average molecular weight is 527 g/mol. The number of carbonyl (C=O) groups is 2. The van der Waals surface area contributed by atoms with Crippen molar-refractivity contribution in [1.29, 1.82) is 0 Å². The van der Waals surface area contributed by atoms with Crippen molar-refractivity contribution in [1.82, 2.24) is 4.90 Å². The van der Waals surface area contributed by atoms with E-state index in [1.165, 1.54) is 45.6 Å². The van der Waals surface area contributed by atoms with Crippen LogP contribution in [0.4, 0.5) is 13.2 Å². The largest absolute Gasteiger partial charge is 0.507 e. The van der Waals surface area contributed by atoms with Crippen LogP contribution in [0.3, 0.4) is 0 Å². The lowest BCUT2D eigenvalue weighted by atomic mass is 9.94. The van der Waals surface area contributed by atoms with E-state index in [1.54, 1.807) is 30.3 Å². The summed E-state index contributed by atoms with van der Waals surface area (Å²) in [6, 6.07) is 14.5. The molecule has 1 atom stereocenters. The maximum absolute atomic E-state index is 13.3. The van der Waals surface area contributed by atoms with Crippen molar-refractivity contribution in [3.63, 3.8) is 0 Å². The molecule has 10 heteroatoms. The maximum atomic E-state index is 13.3. The summed E-state index contributed by atoms with van der Waals surface area (Å²) in [5.41, 5.74) is -0.398. The van der Waals surface area contributed by atoms with Gasteiger partial charge >= 0.3 is 6.18 Å². The molecule has 0 aliphatic carbocycles. The number of carbonyl (C=O) groups excluding carboxylic acids is 2. The number of rotatable bonds is 7. The minimum absolute atomic E-state index is 0.137. The van der Waals surface area contributed by atoms with Crippen LogP contribution >= 0.6 is 0 Å². The Bertz CT molecular complexity index is 1420. The van der Waals surface area contributed by atoms with E-state index in [2.05, 4.69) is 0 Å². The van der Waals surface area contributed by atoms with Gasteiger partial charge in [-0.2, -0.15) is 13.2 Å². The Balaban J connectivity index is 1.89. The van der Waals surface area contributed by atoms with Gasteiger partial charge in [0, 0.05) is 12.6 Å². The minimum Gasteiger partial charge on any atom is -0.507 e. The second-order valence-corrected chi connectivity index (χ2v) is 8.47. The third-order valence-corrected chi connectivity index (χ3v) is 6.22. The van der Waals surface area contributed by atoms with Crippen LogP contribution in [-0.2, 0) is 22.3 Å². The van der Waals surface area contributed by atoms with Gasteiger partial charge in [-0.1, -0.05) is 24.3 Å². The second-order valence-electron chi connectivity index (χ2n) is 8.47. The number of halogens is 3. The molecule has 1 amide bonds. The van der Waals surface area contributed by atoms with E-state index in [9.17, 15) is 27.9 Å². The summed E-state index contributed by atoms with van der Waals surface area (Å²) in [6.45, 7) is -0.313. The van der Waals surface area contributed by atoms with E-state index in [0.717, 1.165) is 17.0 Å². The molecule has 3 aromatic carbocycles. The summed E-state index contributed by atoms with van der Waals surface area (Å²) in [7, 11) is 4.27. The Morgan fingerprint density at radius 1 is 0.895 bits per heavy atom. The van der Waals surface area contributed by atoms with Gasteiger partial charge in [0.2, 0.25) is 0 Å². The second kappa shape index (κ2) is 10.5. The van der Waals surface area contributed by atoms with Crippen LogP contribution in [0.5, 0.6) is 17.2 Å². The summed E-state index contributed by atoms with van der Waals surface area (Å²) in [6.07, 6.45) is -4.58. The van der Waals surface area contributed by atoms with Gasteiger partial charge in [0.25, 0.3) is 11.7 Å². The lowest BCUT2D eigenvalue weighted by molar-refractivity contribution is -0.140. The molecule has 38 heavy (non-hydrogen) atoms. The monoisotopic (exact) mass is 527 g/mol. The van der Waals surface area contributed by atoms with Gasteiger partial charge in [-0.05, 0) is 47.5 Å². The molecule has 1 aliphatic rings. The number of hydrogen-bond acceptors (Lipinski definition) is 6. The van der Waals surface area contributed by atoms with E-state index in [-0.39, 0.29) is 29.0 Å². The van der Waals surface area contributed by atoms with Crippen molar-refractivity contribution in [2.24, 2.45) is 0 Å². The summed E-state index contributed by atoms with van der Waals surface area (Å²) in [5, 5.41) is 11.4. The molecule has 4 rings (SSSR count). The highest BCUT2D eigenvalue weighted by molar-refractivity contribution is 6.46. The molecule has 0 spiro atoms. The van der Waals surface area contributed by atoms with Crippen LogP contribution in [0.2, 0.25) is 0 Å². The first-order chi connectivity index (χ1) is 18.1. The molecule has 1 heterocycles. The van der Waals surface area contributed by atoms with Crippen LogP contribution < -0.4 is 14.2 Å². The van der Waals surface area contributed by atoms with Gasteiger partial charge in [0.1, 0.15) is 23.0 Å². The molecule has 1 fully saturated rings. The number of ketones is 1. The van der Waals surface area contributed by atoms with Crippen molar-refractivity contribution in [2.45, 2.75) is 18.8 Å². The summed E-state index contributed by atoms with van der Waals surface area (Å²) >= 11 is 0. The molecular formula is C28H24F3NO6. The molecule has 0 bridgehead atoms. The quantitative estimate of drug-likeness (QED) is 0.253. The topological polar surface area (TPSA) is 85.3 Å². The molecular weight excluding hydrogens is 503 g/mol. The van der Waals surface area contributed by atoms with Crippen molar-refractivity contribution in [3.8, 4) is 17.2 Å². The fourth-order valence-electron chi connectivity index (χ4n) is 4.38. The standard InChI is InChI=1S/C28H24F3NO6/c1-36-19-9-5-7-17(13-19)24-23(25(33)21-11-10-20(37-2)14-22(21)38-3)26(34)27(35)32(24)15-16-6-4-8-18(12-16)28(29,30)31/h4-14,24,33H,15H2,1-3H3/b25-23-. The third-order valence-electron chi connectivity index (χ3n) is 6.22. The fourth-order valence-corrected chi connectivity index (χ4v) is 4.38. The Labute approximate surface area is 216 Å². The predicted octanol–water partition coefficient (Wildman–Crippen LogP) is 5.35. The first kappa shape index (κ1) is 26.6. The average Bonchev–Trinajstić information content (AvgIpc) is 3.16. The Hall–Kier alpha value is -4.47. The van der Waals surface area contributed by atoms with Crippen molar-refractivity contribution < 1.29 is 42.1 Å². The van der Waals surface area contributed by atoms with E-state index >= 15 is 0 Å². The zero-order valence-corrected chi connectivity index (χ0v) is 20.7. The van der Waals surface area contributed by atoms with E-state index < -0.39 is 35.2 Å². The van der Waals surface area contributed by atoms with Gasteiger partial charge in [-0.15, -0.1) is 0 Å². The number of methoxy groups -OCH3 is 3. The highest BCUT2D eigenvalue weighted by Crippen LogP contribution is 2.43. The molecule has 0 saturated carbocycles. The van der Waals surface area contributed by atoms with Crippen molar-refractivity contribution in [3.05, 3.63) is 94.6 Å². The van der Waals surface area contributed by atoms with Gasteiger partial charge < -0.3 is 24.2 Å². The zero-order chi connectivity index (χ0) is 27.6. The number of amides is 1. The summed E-state index contributed by atoms with van der Waals surface area (Å²) in [4.78, 5) is 27.7. The molecule has 1 unspecified atom stereocenters. The SMILES string of the molecule is COc1cccc(C2/C(=C(/O)c3ccc(OC)cc3OC)C(=O)C(=O)N2Cc2cccc(C(F)(F)F)c2)c1. The highest BCUT2D eigenvalue weighted by atomic mass is 19.4. The lowest BCUT2D eigenvalue weighted by Crippen LogP contribution is -2.29. The van der Waals surface area contributed by atoms with Gasteiger partial charge in [0.15, 0.2) is 0 Å². The molecule has 1 N–H and O–H groups in total. The van der Waals surface area contributed by atoms with Crippen LogP contribution in [-0.4, -0.2) is 43.0 Å². The third kappa shape index (κ3) is 5.02. The molecule has 1 aliphatic heterocycles. The molecule has 7 nitrogen and oxygen atoms in total. The van der Waals surface area contributed by atoms with Crippen molar-refractivity contribution in [2.75, 3.05) is 21.3 Å². The molecule has 198 valence electrons. The number of nitrogens with zero attached hydrogens (tertiary/aromatic N) is 1.